The van der Waals surface area contributed by atoms with E-state index in [9.17, 15) is 0 Å². The van der Waals surface area contributed by atoms with Gasteiger partial charge in [-0.3, -0.25) is 0 Å². The summed E-state index contributed by atoms with van der Waals surface area (Å²) >= 11 is 1.51. The minimum atomic E-state index is -0.631. The van der Waals surface area contributed by atoms with Crippen LogP contribution < -0.4 is 24.3 Å². The van der Waals surface area contributed by atoms with Crippen molar-refractivity contribution in [1.29, 1.82) is 0 Å². The van der Waals surface area contributed by atoms with Crippen LogP contribution >= 0.6 is 11.8 Å². The lowest BCUT2D eigenvalue weighted by Crippen LogP contribution is -2.18. The molecule has 1 aromatic heterocycles. The van der Waals surface area contributed by atoms with Gasteiger partial charge >= 0.3 is 0 Å². The van der Waals surface area contributed by atoms with Gasteiger partial charge in [0.25, 0.3) is 0 Å². The summed E-state index contributed by atoms with van der Waals surface area (Å²) in [6.07, 6.45) is -0.631. The van der Waals surface area contributed by atoms with Crippen LogP contribution in [0.4, 0.5) is 5.69 Å². The highest BCUT2D eigenvalue weighted by molar-refractivity contribution is 7.98. The maximum absolute atomic E-state index is 6.43. The van der Waals surface area contributed by atoms with Gasteiger partial charge in [0, 0.05) is 23.1 Å². The van der Waals surface area contributed by atoms with E-state index in [1.54, 1.807) is 27.4 Å². The number of benzene rings is 3. The highest BCUT2D eigenvalue weighted by Gasteiger charge is 2.29. The summed E-state index contributed by atoms with van der Waals surface area (Å²) in [6, 6.07) is 19.9. The third kappa shape index (κ3) is 4.74. The molecule has 1 aliphatic rings. The van der Waals surface area contributed by atoms with Crippen molar-refractivity contribution in [2.24, 2.45) is 0 Å². The number of nitrogens with one attached hydrogen (secondary N) is 1. The lowest BCUT2D eigenvalue weighted by Gasteiger charge is -2.22. The number of para-hydroxylation sites is 1. The Morgan fingerprint density at radius 3 is 2.36 bits per heavy atom. The van der Waals surface area contributed by atoms with Gasteiger partial charge in [-0.05, 0) is 24.6 Å². The predicted octanol–water partition coefficient (Wildman–Crippen LogP) is 5.67. The average Bonchev–Trinajstić information content (AvgIpc) is 3.08. The zero-order valence-corrected chi connectivity index (χ0v) is 21.3. The number of hydrogen-bond donors (Lipinski definition) is 1. The largest absolute Gasteiger partial charge is 0.496 e. The zero-order chi connectivity index (χ0) is 25.1. The van der Waals surface area contributed by atoms with Crippen molar-refractivity contribution in [2.45, 2.75) is 24.1 Å². The minimum Gasteiger partial charge on any atom is -0.496 e. The zero-order valence-electron chi connectivity index (χ0n) is 20.4. The molecule has 9 heteroatoms. The highest BCUT2D eigenvalue weighted by Crippen LogP contribution is 2.44. The van der Waals surface area contributed by atoms with Gasteiger partial charge in [0.1, 0.15) is 5.75 Å². The second-order valence-electron chi connectivity index (χ2n) is 8.16. The molecule has 4 aromatic rings. The Morgan fingerprint density at radius 1 is 0.889 bits per heavy atom. The van der Waals surface area contributed by atoms with Crippen LogP contribution in [0.5, 0.6) is 23.1 Å². The maximum atomic E-state index is 6.43. The van der Waals surface area contributed by atoms with Gasteiger partial charge in [-0.1, -0.05) is 59.8 Å². The van der Waals surface area contributed by atoms with E-state index in [0.717, 1.165) is 22.6 Å². The lowest BCUT2D eigenvalue weighted by atomic mass is 10.1. The second kappa shape index (κ2) is 10.3. The number of hydrogen-bond acceptors (Lipinski definition) is 9. The fourth-order valence-electron chi connectivity index (χ4n) is 3.94. The molecule has 0 saturated carbocycles. The van der Waals surface area contributed by atoms with E-state index in [0.29, 0.717) is 34.0 Å². The highest BCUT2D eigenvalue weighted by atomic mass is 32.2. The van der Waals surface area contributed by atoms with Crippen molar-refractivity contribution in [1.82, 2.24) is 15.2 Å². The summed E-state index contributed by atoms with van der Waals surface area (Å²) in [5.74, 6) is 2.82. The molecule has 0 radical (unpaired) electrons. The van der Waals surface area contributed by atoms with Crippen molar-refractivity contribution in [3.63, 3.8) is 0 Å². The van der Waals surface area contributed by atoms with Gasteiger partial charge in [-0.2, -0.15) is 4.98 Å². The Bertz CT molecular complexity index is 1380. The average molecular weight is 503 g/mol. The smallest absolute Gasteiger partial charge is 0.247 e. The molecular weight excluding hydrogens is 476 g/mol. The lowest BCUT2D eigenvalue weighted by molar-refractivity contribution is 0.218. The molecule has 0 fully saturated rings. The molecular formula is C27H26N4O4S. The van der Waals surface area contributed by atoms with Gasteiger partial charge in [-0.25, -0.2) is 0 Å². The quantitative estimate of drug-likeness (QED) is 0.321. The number of nitrogens with zero attached hydrogens (tertiary/aromatic N) is 3. The van der Waals surface area contributed by atoms with Gasteiger partial charge < -0.3 is 24.3 Å². The Labute approximate surface area is 214 Å². The van der Waals surface area contributed by atoms with Crippen molar-refractivity contribution < 1.29 is 18.9 Å². The molecule has 0 saturated heterocycles. The number of aryl methyl sites for hydroxylation is 1. The molecule has 0 aliphatic carbocycles. The molecule has 0 unspecified atom stereocenters. The van der Waals surface area contributed by atoms with Crippen LogP contribution in [0.3, 0.4) is 0 Å². The molecule has 36 heavy (non-hydrogen) atoms. The molecule has 0 amide bonds. The summed E-state index contributed by atoms with van der Waals surface area (Å²) in [7, 11) is 4.78. The van der Waals surface area contributed by atoms with E-state index in [-0.39, 0.29) is 0 Å². The first-order chi connectivity index (χ1) is 17.6. The molecule has 1 atom stereocenters. The predicted molar refractivity (Wildman–Crippen MR) is 139 cm³/mol. The van der Waals surface area contributed by atoms with Crippen LogP contribution in [0.15, 0.2) is 65.8 Å². The van der Waals surface area contributed by atoms with Crippen LogP contribution in [0.1, 0.15) is 22.9 Å². The normalized spacial score (nSPS) is 13.9. The number of ether oxygens (including phenoxy) is 4. The molecule has 3 aromatic carbocycles. The summed E-state index contributed by atoms with van der Waals surface area (Å²) in [5.41, 5.74) is 5.40. The molecule has 0 bridgehead atoms. The van der Waals surface area contributed by atoms with Crippen LogP contribution in [0, 0.1) is 6.92 Å². The summed E-state index contributed by atoms with van der Waals surface area (Å²) in [4.78, 5) is 4.74. The number of aromatic nitrogens is 3. The second-order valence-corrected chi connectivity index (χ2v) is 9.10. The summed E-state index contributed by atoms with van der Waals surface area (Å²) < 4.78 is 23.1. The van der Waals surface area contributed by atoms with Gasteiger partial charge in [0.2, 0.25) is 17.3 Å². The molecule has 0 spiro atoms. The van der Waals surface area contributed by atoms with E-state index >= 15 is 0 Å². The van der Waals surface area contributed by atoms with Gasteiger partial charge in [0.15, 0.2) is 17.2 Å². The third-order valence-corrected chi connectivity index (χ3v) is 6.75. The van der Waals surface area contributed by atoms with Crippen molar-refractivity contribution in [3.05, 3.63) is 77.4 Å². The molecule has 1 aliphatic heterocycles. The van der Waals surface area contributed by atoms with Crippen LogP contribution in [-0.4, -0.2) is 36.5 Å². The summed E-state index contributed by atoms with van der Waals surface area (Å²) in [5, 5.41) is 12.9. The number of rotatable bonds is 7. The van der Waals surface area contributed by atoms with E-state index in [1.165, 1.54) is 22.9 Å². The first kappa shape index (κ1) is 23.7. The van der Waals surface area contributed by atoms with E-state index < -0.39 is 6.23 Å². The fourth-order valence-corrected chi connectivity index (χ4v) is 4.67. The van der Waals surface area contributed by atoms with Crippen LogP contribution in [0.25, 0.3) is 11.3 Å². The van der Waals surface area contributed by atoms with Crippen LogP contribution in [-0.2, 0) is 5.75 Å². The standard InChI is InChI=1S/C27H26N4O4S/c1-16-9-11-17(12-10-16)15-36-27-29-26-24(30-31-27)18-7-5-6-8-20(18)28-25(35-26)19-13-22(33-3)23(34-4)14-21(19)32-2/h5-14,25,28H,15H2,1-4H3/t25-/m0/s1. The first-order valence-electron chi connectivity index (χ1n) is 11.3. The number of anilines is 1. The van der Waals surface area contributed by atoms with E-state index in [1.807, 2.05) is 30.3 Å². The number of fused-ring (bicyclic) bond motifs is 3. The number of methoxy groups -OCH3 is 3. The topological polar surface area (TPSA) is 87.6 Å². The fraction of sp³-hybridized carbons (Fsp3) is 0.222. The van der Waals surface area contributed by atoms with E-state index in [2.05, 4.69) is 46.7 Å². The molecule has 8 nitrogen and oxygen atoms in total. The minimum absolute atomic E-state index is 0.385. The molecule has 2 heterocycles. The molecule has 1 N–H and O–H groups in total. The molecule has 184 valence electrons. The van der Waals surface area contributed by atoms with Crippen molar-refractivity contribution in [3.8, 4) is 34.4 Å². The van der Waals surface area contributed by atoms with E-state index in [4.69, 9.17) is 23.9 Å². The van der Waals surface area contributed by atoms with Crippen molar-refractivity contribution in [2.75, 3.05) is 26.6 Å². The van der Waals surface area contributed by atoms with Crippen LogP contribution in [0.2, 0.25) is 0 Å². The maximum Gasteiger partial charge on any atom is 0.247 e. The number of thioether (sulfide) groups is 1. The Kier molecular flexibility index (Phi) is 6.81. The monoisotopic (exact) mass is 502 g/mol. The Hall–Kier alpha value is -3.98. The SMILES string of the molecule is COc1cc(OC)c([C@H]2Nc3ccccc3-c3nnc(SCc4ccc(C)cc4)nc3O2)cc1OC. The van der Waals surface area contributed by atoms with Gasteiger partial charge in [-0.15, -0.1) is 10.2 Å². The van der Waals surface area contributed by atoms with Crippen molar-refractivity contribution >= 4 is 17.4 Å². The summed E-state index contributed by atoms with van der Waals surface area (Å²) in [6.45, 7) is 2.07. The molecule has 5 rings (SSSR count). The Morgan fingerprint density at radius 2 is 1.61 bits per heavy atom. The third-order valence-electron chi connectivity index (χ3n) is 5.84. The van der Waals surface area contributed by atoms with Gasteiger partial charge in [0.05, 0.1) is 26.9 Å². The first-order valence-corrected chi connectivity index (χ1v) is 12.3. The Balaban J connectivity index is 1.53.